The third kappa shape index (κ3) is 2.85. The second kappa shape index (κ2) is 5.71. The summed E-state index contributed by atoms with van der Waals surface area (Å²) >= 11 is 0. The minimum Gasteiger partial charge on any atom is -0.396 e. The summed E-state index contributed by atoms with van der Waals surface area (Å²) in [5.74, 6) is 2.88. The molecule has 0 heterocycles. The molecular weight excluding hydrogens is 212 g/mol. The van der Waals surface area contributed by atoms with E-state index in [0.717, 1.165) is 43.8 Å². The van der Waals surface area contributed by atoms with E-state index in [9.17, 15) is 0 Å². The standard InChI is InChI=1S/C15H28O2/c1-15(2)13-6-5-12(14(15)11-13)7-10-17-9-4-3-8-16/h12-14,16H,3-11H2,1-2H3/t12-,13-,14+/m0/s1. The average Bonchev–Trinajstić information content (AvgIpc) is 2.33. The number of ether oxygens (including phenoxy) is 1. The highest BCUT2D eigenvalue weighted by Gasteiger charge is 2.53. The van der Waals surface area contributed by atoms with Gasteiger partial charge in [0.05, 0.1) is 0 Å². The lowest BCUT2D eigenvalue weighted by Gasteiger charge is -2.60. The van der Waals surface area contributed by atoms with Crippen LogP contribution in [0.15, 0.2) is 0 Å². The Hall–Kier alpha value is -0.0800. The third-order valence-electron chi connectivity index (χ3n) is 5.33. The molecule has 0 saturated heterocycles. The minimum absolute atomic E-state index is 0.295. The highest BCUT2D eigenvalue weighted by molar-refractivity contribution is 5.03. The van der Waals surface area contributed by atoms with Gasteiger partial charge in [-0.3, -0.25) is 0 Å². The van der Waals surface area contributed by atoms with Crippen molar-refractivity contribution in [3.05, 3.63) is 0 Å². The Bertz CT molecular complexity index is 235. The van der Waals surface area contributed by atoms with E-state index >= 15 is 0 Å². The van der Waals surface area contributed by atoms with Crippen molar-refractivity contribution in [1.82, 2.24) is 0 Å². The summed E-state index contributed by atoms with van der Waals surface area (Å²) in [4.78, 5) is 0. The van der Waals surface area contributed by atoms with Crippen LogP contribution in [0.2, 0.25) is 0 Å². The van der Waals surface area contributed by atoms with Gasteiger partial charge in [-0.05, 0) is 61.7 Å². The Morgan fingerprint density at radius 3 is 2.65 bits per heavy atom. The molecule has 2 heteroatoms. The Balaban J connectivity index is 1.60. The van der Waals surface area contributed by atoms with Gasteiger partial charge in [0, 0.05) is 19.8 Å². The molecule has 0 amide bonds. The van der Waals surface area contributed by atoms with Gasteiger partial charge in [0.1, 0.15) is 0 Å². The summed E-state index contributed by atoms with van der Waals surface area (Å²) in [6.07, 6.45) is 7.47. The van der Waals surface area contributed by atoms with Crippen LogP contribution in [0.1, 0.15) is 52.4 Å². The zero-order valence-corrected chi connectivity index (χ0v) is 11.5. The maximum atomic E-state index is 8.67. The number of aliphatic hydroxyl groups excluding tert-OH is 1. The minimum atomic E-state index is 0.295. The van der Waals surface area contributed by atoms with Gasteiger partial charge >= 0.3 is 0 Å². The molecule has 17 heavy (non-hydrogen) atoms. The van der Waals surface area contributed by atoms with Crippen LogP contribution in [-0.4, -0.2) is 24.9 Å². The van der Waals surface area contributed by atoms with E-state index in [1.165, 1.54) is 25.7 Å². The lowest BCUT2D eigenvalue weighted by atomic mass is 9.45. The summed E-state index contributed by atoms with van der Waals surface area (Å²) in [6.45, 7) is 6.96. The number of hydrogen-bond acceptors (Lipinski definition) is 2. The monoisotopic (exact) mass is 240 g/mol. The van der Waals surface area contributed by atoms with Crippen LogP contribution in [0.3, 0.4) is 0 Å². The van der Waals surface area contributed by atoms with Crippen LogP contribution < -0.4 is 0 Å². The molecule has 2 nitrogen and oxygen atoms in total. The van der Waals surface area contributed by atoms with E-state index < -0.39 is 0 Å². The molecule has 0 aliphatic heterocycles. The third-order valence-corrected chi connectivity index (χ3v) is 5.33. The van der Waals surface area contributed by atoms with E-state index in [1.54, 1.807) is 0 Å². The summed E-state index contributed by atoms with van der Waals surface area (Å²) in [6, 6.07) is 0. The van der Waals surface area contributed by atoms with E-state index in [4.69, 9.17) is 9.84 Å². The maximum absolute atomic E-state index is 8.67. The van der Waals surface area contributed by atoms with Gasteiger partial charge in [-0.1, -0.05) is 13.8 Å². The topological polar surface area (TPSA) is 29.5 Å². The van der Waals surface area contributed by atoms with Crippen molar-refractivity contribution in [1.29, 1.82) is 0 Å². The fraction of sp³-hybridized carbons (Fsp3) is 1.00. The van der Waals surface area contributed by atoms with Crippen molar-refractivity contribution in [2.75, 3.05) is 19.8 Å². The molecule has 0 aromatic heterocycles. The van der Waals surface area contributed by atoms with Crippen LogP contribution in [0.4, 0.5) is 0 Å². The quantitative estimate of drug-likeness (QED) is 0.692. The van der Waals surface area contributed by atoms with Crippen molar-refractivity contribution in [2.45, 2.75) is 52.4 Å². The molecule has 0 aromatic rings. The Labute approximate surface area is 106 Å². The largest absolute Gasteiger partial charge is 0.396 e. The molecule has 0 radical (unpaired) electrons. The van der Waals surface area contributed by atoms with Crippen LogP contribution in [-0.2, 0) is 4.74 Å². The van der Waals surface area contributed by atoms with Crippen molar-refractivity contribution in [3.8, 4) is 0 Å². The molecule has 0 unspecified atom stereocenters. The number of hydrogen-bond donors (Lipinski definition) is 1. The van der Waals surface area contributed by atoms with E-state index in [1.807, 2.05) is 0 Å². The van der Waals surface area contributed by atoms with Crippen LogP contribution >= 0.6 is 0 Å². The van der Waals surface area contributed by atoms with Gasteiger partial charge < -0.3 is 9.84 Å². The van der Waals surface area contributed by atoms with Gasteiger partial charge in [0.15, 0.2) is 0 Å². The van der Waals surface area contributed by atoms with E-state index in [0.29, 0.717) is 12.0 Å². The Kier molecular flexibility index (Phi) is 4.48. The summed E-state index contributed by atoms with van der Waals surface area (Å²) in [7, 11) is 0. The van der Waals surface area contributed by atoms with Crippen molar-refractivity contribution < 1.29 is 9.84 Å². The summed E-state index contributed by atoms with van der Waals surface area (Å²) in [5.41, 5.74) is 0.611. The zero-order chi connectivity index (χ0) is 12.3. The van der Waals surface area contributed by atoms with Crippen LogP contribution in [0.5, 0.6) is 0 Å². The van der Waals surface area contributed by atoms with Gasteiger partial charge in [0.2, 0.25) is 0 Å². The van der Waals surface area contributed by atoms with Gasteiger partial charge in [0.25, 0.3) is 0 Å². The molecular formula is C15H28O2. The normalized spacial score (nSPS) is 34.4. The smallest absolute Gasteiger partial charge is 0.0468 e. The van der Waals surface area contributed by atoms with Crippen LogP contribution in [0.25, 0.3) is 0 Å². The molecule has 0 aromatic carbocycles. The molecule has 2 bridgehead atoms. The second-order valence-electron chi connectivity index (χ2n) is 6.53. The first-order valence-corrected chi connectivity index (χ1v) is 7.35. The van der Waals surface area contributed by atoms with Crippen molar-refractivity contribution in [3.63, 3.8) is 0 Å². The van der Waals surface area contributed by atoms with Crippen molar-refractivity contribution in [2.24, 2.45) is 23.2 Å². The van der Waals surface area contributed by atoms with Crippen molar-refractivity contribution >= 4 is 0 Å². The number of rotatable bonds is 7. The first-order chi connectivity index (χ1) is 8.16. The lowest BCUT2D eigenvalue weighted by molar-refractivity contribution is -0.111. The fourth-order valence-corrected chi connectivity index (χ4v) is 3.96. The van der Waals surface area contributed by atoms with Crippen LogP contribution in [0, 0.1) is 23.2 Å². The number of fused-ring (bicyclic) bond motifs is 2. The Morgan fingerprint density at radius 1 is 1.18 bits per heavy atom. The predicted molar refractivity (Wildman–Crippen MR) is 69.9 cm³/mol. The molecule has 3 atom stereocenters. The highest BCUT2D eigenvalue weighted by atomic mass is 16.5. The van der Waals surface area contributed by atoms with Gasteiger partial charge in [-0.2, -0.15) is 0 Å². The number of aliphatic hydroxyl groups is 1. The number of unbranched alkanes of at least 4 members (excludes halogenated alkanes) is 1. The highest BCUT2D eigenvalue weighted by Crippen LogP contribution is 2.61. The summed E-state index contributed by atoms with van der Waals surface area (Å²) < 4.78 is 5.66. The second-order valence-corrected chi connectivity index (χ2v) is 6.53. The molecule has 100 valence electrons. The predicted octanol–water partition coefficient (Wildman–Crippen LogP) is 3.24. The molecule has 0 spiro atoms. The fourth-order valence-electron chi connectivity index (χ4n) is 3.96. The maximum Gasteiger partial charge on any atom is 0.0468 e. The zero-order valence-electron chi connectivity index (χ0n) is 11.5. The first kappa shape index (κ1) is 13.4. The first-order valence-electron chi connectivity index (χ1n) is 7.35. The molecule has 3 fully saturated rings. The van der Waals surface area contributed by atoms with E-state index in [2.05, 4.69) is 13.8 Å². The molecule has 3 saturated carbocycles. The molecule has 1 N–H and O–H groups in total. The lowest BCUT2D eigenvalue weighted by Crippen LogP contribution is -2.52. The summed E-state index contributed by atoms with van der Waals surface area (Å²) in [5, 5.41) is 8.67. The van der Waals surface area contributed by atoms with Gasteiger partial charge in [-0.15, -0.1) is 0 Å². The van der Waals surface area contributed by atoms with E-state index in [-0.39, 0.29) is 0 Å². The Morgan fingerprint density at radius 2 is 2.00 bits per heavy atom. The SMILES string of the molecule is CC1(C)[C@H]2CC[C@@H](CCOCCCCO)[C@H]1C2. The molecule has 3 rings (SSSR count). The molecule has 3 aliphatic carbocycles. The average molecular weight is 240 g/mol. The molecule has 3 aliphatic rings. The van der Waals surface area contributed by atoms with Gasteiger partial charge in [-0.25, -0.2) is 0 Å².